The van der Waals surface area contributed by atoms with Crippen molar-refractivity contribution in [3.63, 3.8) is 0 Å². The molecule has 8 bridgehead atoms. The molecule has 3 aromatic heterocycles. The van der Waals surface area contributed by atoms with E-state index in [0.29, 0.717) is 10.9 Å². The predicted octanol–water partition coefficient (Wildman–Crippen LogP) is 9.62. The van der Waals surface area contributed by atoms with E-state index >= 15 is 0 Å². The molecule has 5 aromatic carbocycles. The molecular formula is C34H21NO. The number of furan rings is 1. The van der Waals surface area contributed by atoms with Gasteiger partial charge in [-0.15, -0.1) is 0 Å². The summed E-state index contributed by atoms with van der Waals surface area (Å²) in [6.07, 6.45) is 1.50. The van der Waals surface area contributed by atoms with E-state index in [9.17, 15) is 0 Å². The number of fused-ring (bicyclic) bond motifs is 11. The number of aromatic nitrogens is 1. The van der Waals surface area contributed by atoms with Crippen molar-refractivity contribution >= 4 is 75.9 Å². The molecule has 2 nitrogen and oxygen atoms in total. The Morgan fingerprint density at radius 3 is 2.03 bits per heavy atom. The third-order valence-electron chi connectivity index (χ3n) is 7.37. The Morgan fingerprint density at radius 2 is 1.19 bits per heavy atom. The first-order valence-corrected chi connectivity index (χ1v) is 12.0. The topological polar surface area (TPSA) is 26.0 Å². The van der Waals surface area contributed by atoms with Crippen LogP contribution < -0.4 is 0 Å². The van der Waals surface area contributed by atoms with E-state index in [-0.39, 0.29) is 5.56 Å². The van der Waals surface area contributed by atoms with Gasteiger partial charge in [0.15, 0.2) is 0 Å². The lowest BCUT2D eigenvalue weighted by molar-refractivity contribution is 0.676. The van der Waals surface area contributed by atoms with Gasteiger partial charge < -0.3 is 4.42 Å². The van der Waals surface area contributed by atoms with Gasteiger partial charge in [0.2, 0.25) is 0 Å². The highest BCUT2D eigenvalue weighted by atomic mass is 16.3. The van der Waals surface area contributed by atoms with Gasteiger partial charge in [-0.1, -0.05) is 72.8 Å². The molecule has 0 saturated heterocycles. The van der Waals surface area contributed by atoms with Crippen molar-refractivity contribution in [2.45, 2.75) is 6.85 Å². The van der Waals surface area contributed by atoms with Gasteiger partial charge in [-0.25, -0.2) is 0 Å². The van der Waals surface area contributed by atoms with Crippen LogP contribution in [0.15, 0.2) is 114 Å². The molecule has 8 rings (SSSR count). The van der Waals surface area contributed by atoms with Crippen molar-refractivity contribution in [1.82, 2.24) is 4.98 Å². The standard InChI is InChI=1S/C34H21NO/c1-20-19-35-31-18-30(20)25-10-3-8-23(17-25)22-7-2-9-24(16-22)26-11-4-6-21-14-15-28-27-12-5-13-29(31)33(27)36-34(28)32(21)26/h2-19H,1H3/i1D3. The fraction of sp³-hybridized carbons (Fsp3) is 0.0294. The van der Waals surface area contributed by atoms with Crippen LogP contribution >= 0.6 is 0 Å². The highest BCUT2D eigenvalue weighted by Crippen LogP contribution is 2.39. The van der Waals surface area contributed by atoms with Gasteiger partial charge in [0.25, 0.3) is 0 Å². The highest BCUT2D eigenvalue weighted by Gasteiger charge is 2.14. The zero-order chi connectivity index (χ0) is 26.3. The van der Waals surface area contributed by atoms with Crippen molar-refractivity contribution in [2.24, 2.45) is 0 Å². The number of nitrogens with zero attached hydrogens (tertiary/aromatic N) is 1. The van der Waals surface area contributed by atoms with E-state index in [1.807, 2.05) is 30.3 Å². The molecule has 2 heteroatoms. The van der Waals surface area contributed by atoms with Gasteiger partial charge in [0.1, 0.15) is 11.2 Å². The summed E-state index contributed by atoms with van der Waals surface area (Å²) in [7, 11) is 0. The largest absolute Gasteiger partial charge is 0.455 e. The summed E-state index contributed by atoms with van der Waals surface area (Å²) >= 11 is 0. The average Bonchev–Trinajstić information content (AvgIpc) is 3.35. The summed E-state index contributed by atoms with van der Waals surface area (Å²) in [5.41, 5.74) is 2.48. The van der Waals surface area contributed by atoms with E-state index < -0.39 is 6.85 Å². The van der Waals surface area contributed by atoms with Crippen LogP contribution in [-0.2, 0) is 0 Å². The molecule has 3 heterocycles. The van der Waals surface area contributed by atoms with Crippen LogP contribution in [0.5, 0.6) is 0 Å². The maximum Gasteiger partial charge on any atom is 0.144 e. The fourth-order valence-corrected chi connectivity index (χ4v) is 5.64. The van der Waals surface area contributed by atoms with Crippen molar-refractivity contribution in [3.8, 4) is 0 Å². The maximum absolute atomic E-state index is 8.23. The Labute approximate surface area is 211 Å². The number of hydrogen-bond acceptors (Lipinski definition) is 2. The van der Waals surface area contributed by atoms with Crippen LogP contribution in [0.3, 0.4) is 0 Å². The molecule has 0 fully saturated rings. The molecule has 0 saturated carbocycles. The van der Waals surface area contributed by atoms with Crippen LogP contribution in [0.25, 0.3) is 75.9 Å². The van der Waals surface area contributed by atoms with Crippen molar-refractivity contribution in [1.29, 1.82) is 0 Å². The predicted molar refractivity (Wildman–Crippen MR) is 153 cm³/mol. The number of hydrogen-bond donors (Lipinski definition) is 0. The van der Waals surface area contributed by atoms with Crippen LogP contribution in [-0.4, -0.2) is 4.98 Å². The minimum atomic E-state index is -2.31. The molecule has 0 amide bonds. The monoisotopic (exact) mass is 462 g/mol. The molecule has 0 aliphatic rings. The SMILES string of the molecule is [2H]C([2H])([2H])c1cnc2cc1c1cccc(c1)c1cccc(c1)c1cccc3ccc4c5cccc2c5oc4c31. The molecule has 36 heavy (non-hydrogen) atoms. The summed E-state index contributed by atoms with van der Waals surface area (Å²) in [4.78, 5) is 4.66. The number of pyridine rings is 1. The minimum Gasteiger partial charge on any atom is -0.455 e. The number of aryl methyl sites for hydroxylation is 1. The lowest BCUT2D eigenvalue weighted by Crippen LogP contribution is -1.82. The Balaban J connectivity index is 1.73. The van der Waals surface area contributed by atoms with E-state index in [1.54, 1.807) is 0 Å². The normalized spacial score (nSPS) is 13.6. The van der Waals surface area contributed by atoms with Gasteiger partial charge in [-0.2, -0.15) is 0 Å². The summed E-state index contributed by atoms with van der Waals surface area (Å²) in [5.74, 6) is 0. The lowest BCUT2D eigenvalue weighted by atomic mass is 9.99. The Kier molecular flexibility index (Phi) is 3.35. The molecular weight excluding hydrogens is 438 g/mol. The fourth-order valence-electron chi connectivity index (χ4n) is 5.64. The second-order valence-electron chi connectivity index (χ2n) is 9.41. The number of rotatable bonds is 0. The molecule has 0 unspecified atom stereocenters. The molecule has 0 radical (unpaired) electrons. The second-order valence-corrected chi connectivity index (χ2v) is 9.41. The number of para-hydroxylation sites is 1. The summed E-state index contributed by atoms with van der Waals surface area (Å²) in [5, 5.41) is 10.8. The molecule has 8 aromatic rings. The second kappa shape index (κ2) is 7.16. The van der Waals surface area contributed by atoms with Gasteiger partial charge in [0, 0.05) is 31.9 Å². The summed E-state index contributed by atoms with van der Waals surface area (Å²) < 4.78 is 31.4. The quantitative estimate of drug-likeness (QED) is 0.224. The Bertz CT molecular complexity index is 2330. The first-order chi connectivity index (χ1) is 19.0. The molecule has 0 spiro atoms. The Morgan fingerprint density at radius 1 is 0.556 bits per heavy atom. The van der Waals surface area contributed by atoms with Crippen molar-refractivity contribution < 1.29 is 8.53 Å². The lowest BCUT2D eigenvalue weighted by Gasteiger charge is -2.04. The van der Waals surface area contributed by atoms with Crippen molar-refractivity contribution in [2.75, 3.05) is 0 Å². The number of benzene rings is 5. The summed E-state index contributed by atoms with van der Waals surface area (Å²) in [6.45, 7) is -2.31. The maximum atomic E-state index is 8.23. The van der Waals surface area contributed by atoms with Crippen LogP contribution in [0.2, 0.25) is 0 Å². The molecule has 0 N–H and O–H groups in total. The smallest absolute Gasteiger partial charge is 0.144 e. The minimum absolute atomic E-state index is 0.229. The average molecular weight is 463 g/mol. The zero-order valence-electron chi connectivity index (χ0n) is 22.2. The van der Waals surface area contributed by atoms with E-state index in [1.165, 1.54) is 6.20 Å². The van der Waals surface area contributed by atoms with E-state index in [0.717, 1.165) is 65.0 Å². The first-order valence-electron chi connectivity index (χ1n) is 13.5. The van der Waals surface area contributed by atoms with Gasteiger partial charge >= 0.3 is 0 Å². The molecule has 0 atom stereocenters. The van der Waals surface area contributed by atoms with Gasteiger partial charge in [0.05, 0.1) is 5.52 Å². The summed E-state index contributed by atoms with van der Waals surface area (Å²) in [6, 6.07) is 35.2. The zero-order valence-corrected chi connectivity index (χ0v) is 19.2. The first kappa shape index (κ1) is 16.9. The van der Waals surface area contributed by atoms with Crippen LogP contribution in [0.1, 0.15) is 9.68 Å². The van der Waals surface area contributed by atoms with Gasteiger partial charge in [-0.05, 0) is 80.5 Å². The molecule has 0 aliphatic heterocycles. The highest BCUT2D eigenvalue weighted by molar-refractivity contribution is 6.24. The van der Waals surface area contributed by atoms with Crippen molar-refractivity contribution in [3.05, 3.63) is 115 Å². The van der Waals surface area contributed by atoms with Crippen LogP contribution in [0.4, 0.5) is 0 Å². The van der Waals surface area contributed by atoms with Crippen LogP contribution in [0, 0.1) is 6.85 Å². The third-order valence-corrected chi connectivity index (χ3v) is 7.37. The molecule has 168 valence electrons. The molecule has 0 aliphatic carbocycles. The van der Waals surface area contributed by atoms with E-state index in [2.05, 4.69) is 77.8 Å². The Hall–Kier alpha value is -4.69. The van der Waals surface area contributed by atoms with Gasteiger partial charge in [-0.3, -0.25) is 4.98 Å². The third kappa shape index (κ3) is 2.70. The van der Waals surface area contributed by atoms with E-state index in [4.69, 9.17) is 8.53 Å².